The minimum atomic E-state index is 0.0972. The van der Waals surface area contributed by atoms with E-state index < -0.39 is 0 Å². The lowest BCUT2D eigenvalue weighted by Gasteiger charge is -2.26. The molecule has 1 saturated carbocycles. The van der Waals surface area contributed by atoms with Gasteiger partial charge in [0.15, 0.2) is 0 Å². The van der Waals surface area contributed by atoms with Gasteiger partial charge < -0.3 is 4.90 Å². The van der Waals surface area contributed by atoms with Crippen LogP contribution in [0.4, 0.5) is 0 Å². The summed E-state index contributed by atoms with van der Waals surface area (Å²) in [5, 5.41) is 0.616. The molecule has 1 aliphatic rings. The van der Waals surface area contributed by atoms with Crippen LogP contribution in [0.3, 0.4) is 0 Å². The van der Waals surface area contributed by atoms with Crippen LogP contribution in [-0.4, -0.2) is 22.9 Å². The summed E-state index contributed by atoms with van der Waals surface area (Å²) < 4.78 is 0. The maximum Gasteiger partial charge on any atom is 0.254 e. The molecule has 0 spiro atoms. The van der Waals surface area contributed by atoms with Crippen molar-refractivity contribution >= 4 is 17.5 Å². The zero-order valence-corrected chi connectivity index (χ0v) is 10.4. The zero-order chi connectivity index (χ0) is 11.7. The second kappa shape index (κ2) is 4.46. The summed E-state index contributed by atoms with van der Waals surface area (Å²) in [5.74, 6) is 0.0972. The van der Waals surface area contributed by atoms with Crippen LogP contribution in [0.2, 0.25) is 5.02 Å². The SMILES string of the molecule is CC(C)N(C(=O)c1cccc(Cl)c1)C1CC1. The molecule has 0 aliphatic heterocycles. The molecule has 0 aromatic heterocycles. The average Bonchev–Trinajstić information content (AvgIpc) is 3.01. The molecule has 1 fully saturated rings. The Morgan fingerprint density at radius 1 is 1.44 bits per heavy atom. The van der Waals surface area contributed by atoms with Gasteiger partial charge in [-0.2, -0.15) is 0 Å². The van der Waals surface area contributed by atoms with Crippen molar-refractivity contribution in [1.82, 2.24) is 4.90 Å². The molecule has 0 unspecified atom stereocenters. The van der Waals surface area contributed by atoms with Gasteiger partial charge in [0.2, 0.25) is 0 Å². The highest BCUT2D eigenvalue weighted by molar-refractivity contribution is 6.30. The van der Waals surface area contributed by atoms with Crippen LogP contribution in [0.25, 0.3) is 0 Å². The quantitative estimate of drug-likeness (QED) is 0.790. The summed E-state index contributed by atoms with van der Waals surface area (Å²) in [7, 11) is 0. The van der Waals surface area contributed by atoms with E-state index in [2.05, 4.69) is 13.8 Å². The number of amides is 1. The number of carbonyl (C=O) groups excluding carboxylic acids is 1. The van der Waals surface area contributed by atoms with Gasteiger partial charge in [-0.25, -0.2) is 0 Å². The first-order valence-electron chi connectivity index (χ1n) is 5.68. The van der Waals surface area contributed by atoms with E-state index in [1.165, 1.54) is 0 Å². The van der Waals surface area contributed by atoms with Crippen molar-refractivity contribution in [3.8, 4) is 0 Å². The Bertz CT molecular complexity index is 397. The van der Waals surface area contributed by atoms with Crippen molar-refractivity contribution in [3.63, 3.8) is 0 Å². The van der Waals surface area contributed by atoms with E-state index in [1.807, 2.05) is 17.0 Å². The van der Waals surface area contributed by atoms with Gasteiger partial charge in [-0.1, -0.05) is 17.7 Å². The first-order valence-corrected chi connectivity index (χ1v) is 6.05. The summed E-state index contributed by atoms with van der Waals surface area (Å²) in [6.07, 6.45) is 2.26. The van der Waals surface area contributed by atoms with E-state index in [0.29, 0.717) is 16.6 Å². The first-order chi connectivity index (χ1) is 7.59. The molecule has 0 radical (unpaired) electrons. The molecule has 3 heteroatoms. The van der Waals surface area contributed by atoms with Gasteiger partial charge in [0.25, 0.3) is 5.91 Å². The van der Waals surface area contributed by atoms with Crippen LogP contribution < -0.4 is 0 Å². The highest BCUT2D eigenvalue weighted by Gasteiger charge is 2.34. The van der Waals surface area contributed by atoms with Crippen molar-refractivity contribution in [3.05, 3.63) is 34.9 Å². The lowest BCUT2D eigenvalue weighted by molar-refractivity contribution is 0.0690. The van der Waals surface area contributed by atoms with Crippen LogP contribution in [0.1, 0.15) is 37.0 Å². The normalized spacial score (nSPS) is 15.2. The molecular weight excluding hydrogens is 222 g/mol. The third-order valence-electron chi connectivity index (χ3n) is 2.80. The van der Waals surface area contributed by atoms with Crippen molar-refractivity contribution in [2.75, 3.05) is 0 Å². The molecule has 86 valence electrons. The molecule has 1 amide bonds. The van der Waals surface area contributed by atoms with Gasteiger partial charge >= 0.3 is 0 Å². The molecule has 2 rings (SSSR count). The van der Waals surface area contributed by atoms with E-state index in [1.54, 1.807) is 12.1 Å². The second-order valence-corrected chi connectivity index (χ2v) is 4.98. The number of rotatable bonds is 3. The zero-order valence-electron chi connectivity index (χ0n) is 9.61. The molecule has 0 saturated heterocycles. The molecule has 1 aliphatic carbocycles. The molecule has 2 nitrogen and oxygen atoms in total. The number of hydrogen-bond acceptors (Lipinski definition) is 1. The van der Waals surface area contributed by atoms with Crippen LogP contribution in [0.5, 0.6) is 0 Å². The predicted molar refractivity (Wildman–Crippen MR) is 65.8 cm³/mol. The van der Waals surface area contributed by atoms with Gasteiger partial charge in [-0.15, -0.1) is 0 Å². The molecule has 0 bridgehead atoms. The fourth-order valence-electron chi connectivity index (χ4n) is 1.95. The lowest BCUT2D eigenvalue weighted by atomic mass is 10.1. The number of hydrogen-bond donors (Lipinski definition) is 0. The van der Waals surface area contributed by atoms with Gasteiger partial charge in [-0.3, -0.25) is 4.79 Å². The monoisotopic (exact) mass is 237 g/mol. The van der Waals surface area contributed by atoms with Crippen molar-refractivity contribution in [1.29, 1.82) is 0 Å². The molecule has 0 atom stereocenters. The maximum atomic E-state index is 12.3. The third-order valence-corrected chi connectivity index (χ3v) is 3.04. The molecule has 0 N–H and O–H groups in total. The van der Waals surface area contributed by atoms with Crippen molar-refractivity contribution in [2.45, 2.75) is 38.8 Å². The molecule has 1 aromatic rings. The highest BCUT2D eigenvalue weighted by atomic mass is 35.5. The Kier molecular flexibility index (Phi) is 3.20. The minimum Gasteiger partial charge on any atom is -0.333 e. The summed E-state index contributed by atoms with van der Waals surface area (Å²) in [5.41, 5.74) is 0.688. The standard InChI is InChI=1S/C13H16ClNO/c1-9(2)15(12-6-7-12)13(16)10-4-3-5-11(14)8-10/h3-5,8-9,12H,6-7H2,1-2H3. The summed E-state index contributed by atoms with van der Waals surface area (Å²) in [6.45, 7) is 4.11. The predicted octanol–water partition coefficient (Wildman–Crippen LogP) is 3.35. The van der Waals surface area contributed by atoms with Gasteiger partial charge in [0.05, 0.1) is 0 Å². The summed E-state index contributed by atoms with van der Waals surface area (Å²) in [4.78, 5) is 14.3. The Labute approximate surface area is 101 Å². The molecular formula is C13H16ClNO. The van der Waals surface area contributed by atoms with Gasteiger partial charge in [-0.05, 0) is 44.9 Å². The number of halogens is 1. The lowest BCUT2D eigenvalue weighted by Crippen LogP contribution is -2.38. The molecule has 16 heavy (non-hydrogen) atoms. The van der Waals surface area contributed by atoms with Crippen LogP contribution in [-0.2, 0) is 0 Å². The summed E-state index contributed by atoms with van der Waals surface area (Å²) in [6, 6.07) is 7.86. The maximum absolute atomic E-state index is 12.3. The smallest absolute Gasteiger partial charge is 0.254 e. The van der Waals surface area contributed by atoms with Crippen molar-refractivity contribution < 1.29 is 4.79 Å². The molecule has 1 aromatic carbocycles. The number of benzene rings is 1. The van der Waals surface area contributed by atoms with Crippen LogP contribution >= 0.6 is 11.6 Å². The minimum absolute atomic E-state index is 0.0972. The van der Waals surface area contributed by atoms with E-state index >= 15 is 0 Å². The van der Waals surface area contributed by atoms with Crippen LogP contribution in [0.15, 0.2) is 24.3 Å². The third kappa shape index (κ3) is 2.38. The number of carbonyl (C=O) groups is 1. The topological polar surface area (TPSA) is 20.3 Å². The fourth-order valence-corrected chi connectivity index (χ4v) is 2.14. The average molecular weight is 238 g/mol. The Balaban J connectivity index is 2.22. The largest absolute Gasteiger partial charge is 0.333 e. The first kappa shape index (κ1) is 11.5. The van der Waals surface area contributed by atoms with Gasteiger partial charge in [0, 0.05) is 22.7 Å². The van der Waals surface area contributed by atoms with E-state index in [0.717, 1.165) is 12.8 Å². The summed E-state index contributed by atoms with van der Waals surface area (Å²) >= 11 is 5.90. The van der Waals surface area contributed by atoms with Crippen molar-refractivity contribution in [2.24, 2.45) is 0 Å². The second-order valence-electron chi connectivity index (χ2n) is 4.55. The Morgan fingerprint density at radius 3 is 2.62 bits per heavy atom. The molecule has 0 heterocycles. The Hall–Kier alpha value is -1.02. The Morgan fingerprint density at radius 2 is 2.12 bits per heavy atom. The highest BCUT2D eigenvalue weighted by Crippen LogP contribution is 2.30. The van der Waals surface area contributed by atoms with E-state index in [4.69, 9.17) is 11.6 Å². The van der Waals surface area contributed by atoms with E-state index in [9.17, 15) is 4.79 Å². The van der Waals surface area contributed by atoms with E-state index in [-0.39, 0.29) is 11.9 Å². The van der Waals surface area contributed by atoms with Crippen LogP contribution in [0, 0.1) is 0 Å². The van der Waals surface area contributed by atoms with Gasteiger partial charge in [0.1, 0.15) is 0 Å². The fraction of sp³-hybridized carbons (Fsp3) is 0.462. The number of nitrogens with zero attached hydrogens (tertiary/aromatic N) is 1.